The second-order valence-electron chi connectivity index (χ2n) is 3.97. The molecule has 1 heterocycles. The number of hydrogen-bond donors (Lipinski definition) is 0. The van der Waals surface area contributed by atoms with Crippen molar-refractivity contribution in [2.24, 2.45) is 0 Å². The second kappa shape index (κ2) is 5.22. The highest BCUT2D eigenvalue weighted by molar-refractivity contribution is 9.10. The van der Waals surface area contributed by atoms with Gasteiger partial charge in [-0.25, -0.2) is 8.42 Å². The number of aryl methyl sites for hydroxylation is 1. The largest absolute Gasteiger partial charge is 0.297 e. The summed E-state index contributed by atoms with van der Waals surface area (Å²) in [5, 5.41) is 7.37. The Morgan fingerprint density at radius 2 is 2.05 bits per heavy atom. The number of hydrogen-bond acceptors (Lipinski definition) is 4. The Hall–Kier alpha value is -0.920. The van der Waals surface area contributed by atoms with Crippen LogP contribution in [0, 0.1) is 6.92 Å². The highest BCUT2D eigenvalue weighted by Crippen LogP contribution is 2.29. The van der Waals surface area contributed by atoms with E-state index in [0.717, 1.165) is 15.6 Å². The fourth-order valence-electron chi connectivity index (χ4n) is 1.75. The van der Waals surface area contributed by atoms with Crippen molar-refractivity contribution in [1.29, 1.82) is 0 Å². The van der Waals surface area contributed by atoms with E-state index in [4.69, 9.17) is 10.7 Å². The molecule has 0 radical (unpaired) electrons. The molecule has 0 aliphatic carbocycles. The Labute approximate surface area is 124 Å². The van der Waals surface area contributed by atoms with Crippen LogP contribution < -0.4 is 0 Å². The van der Waals surface area contributed by atoms with E-state index in [1.54, 1.807) is 6.92 Å². The minimum atomic E-state index is -3.91. The Balaban J connectivity index is 2.67. The Morgan fingerprint density at radius 1 is 1.37 bits per heavy atom. The molecule has 8 heteroatoms. The van der Waals surface area contributed by atoms with Gasteiger partial charge in [0.15, 0.2) is 5.82 Å². The van der Waals surface area contributed by atoms with E-state index in [1.165, 1.54) is 4.57 Å². The van der Waals surface area contributed by atoms with Crippen LogP contribution in [0.1, 0.15) is 12.5 Å². The first kappa shape index (κ1) is 14.5. The van der Waals surface area contributed by atoms with Gasteiger partial charge in [0.05, 0.1) is 0 Å². The van der Waals surface area contributed by atoms with Crippen LogP contribution in [0.4, 0.5) is 0 Å². The lowest BCUT2D eigenvalue weighted by Crippen LogP contribution is -2.06. The topological polar surface area (TPSA) is 64.8 Å². The first-order chi connectivity index (χ1) is 8.84. The van der Waals surface area contributed by atoms with Crippen LogP contribution in [0.2, 0.25) is 0 Å². The van der Waals surface area contributed by atoms with Crippen LogP contribution in [0.5, 0.6) is 0 Å². The van der Waals surface area contributed by atoms with Gasteiger partial charge in [-0.1, -0.05) is 22.0 Å². The normalized spacial score (nSPS) is 11.8. The van der Waals surface area contributed by atoms with E-state index >= 15 is 0 Å². The van der Waals surface area contributed by atoms with Crippen molar-refractivity contribution >= 4 is 35.7 Å². The lowest BCUT2D eigenvalue weighted by Gasteiger charge is -2.07. The smallest absolute Gasteiger partial charge is 0.296 e. The van der Waals surface area contributed by atoms with Crippen molar-refractivity contribution in [3.05, 3.63) is 28.2 Å². The molecule has 0 saturated carbocycles. The predicted octanol–water partition coefficient (Wildman–Crippen LogP) is 2.96. The number of nitrogens with zero attached hydrogens (tertiary/aromatic N) is 3. The van der Waals surface area contributed by atoms with Gasteiger partial charge in [0, 0.05) is 27.3 Å². The summed E-state index contributed by atoms with van der Waals surface area (Å²) in [5.41, 5.74) is 1.86. The molecule has 0 saturated heterocycles. The molecule has 0 fully saturated rings. The minimum Gasteiger partial charge on any atom is -0.297 e. The maximum absolute atomic E-state index is 11.4. The van der Waals surface area contributed by atoms with E-state index in [-0.39, 0.29) is 5.16 Å². The molecule has 5 nitrogen and oxygen atoms in total. The summed E-state index contributed by atoms with van der Waals surface area (Å²) in [4.78, 5) is 0. The van der Waals surface area contributed by atoms with E-state index < -0.39 is 9.05 Å². The third-order valence-electron chi connectivity index (χ3n) is 2.62. The summed E-state index contributed by atoms with van der Waals surface area (Å²) < 4.78 is 25.2. The van der Waals surface area contributed by atoms with Crippen LogP contribution in [0.3, 0.4) is 0 Å². The maximum atomic E-state index is 11.4. The number of aromatic nitrogens is 3. The molecule has 2 rings (SSSR count). The summed E-state index contributed by atoms with van der Waals surface area (Å²) >= 11 is 3.44. The van der Waals surface area contributed by atoms with Gasteiger partial charge >= 0.3 is 0 Å². The molecule has 102 valence electrons. The fourth-order valence-corrected chi connectivity index (χ4v) is 3.39. The van der Waals surface area contributed by atoms with Crippen LogP contribution in [-0.2, 0) is 15.6 Å². The molecule has 1 aromatic carbocycles. The van der Waals surface area contributed by atoms with Crippen molar-refractivity contribution in [3.63, 3.8) is 0 Å². The van der Waals surface area contributed by atoms with Crippen LogP contribution in [-0.4, -0.2) is 23.2 Å². The first-order valence-corrected chi connectivity index (χ1v) is 8.59. The molecule has 0 bridgehead atoms. The van der Waals surface area contributed by atoms with Crippen molar-refractivity contribution in [2.45, 2.75) is 25.5 Å². The van der Waals surface area contributed by atoms with E-state index in [2.05, 4.69) is 26.1 Å². The van der Waals surface area contributed by atoms with Crippen LogP contribution in [0.25, 0.3) is 11.4 Å². The van der Waals surface area contributed by atoms with E-state index in [9.17, 15) is 8.42 Å². The fraction of sp³-hybridized carbons (Fsp3) is 0.273. The van der Waals surface area contributed by atoms with Gasteiger partial charge in [-0.15, -0.1) is 10.2 Å². The monoisotopic (exact) mass is 363 g/mol. The van der Waals surface area contributed by atoms with E-state index in [1.807, 2.05) is 25.1 Å². The molecule has 2 aromatic rings. The molecule has 0 unspecified atom stereocenters. The van der Waals surface area contributed by atoms with Crippen molar-refractivity contribution < 1.29 is 8.42 Å². The zero-order valence-corrected chi connectivity index (χ0v) is 13.4. The molecule has 1 aromatic heterocycles. The average Bonchev–Trinajstić information content (AvgIpc) is 2.72. The number of halogens is 2. The summed E-state index contributed by atoms with van der Waals surface area (Å²) in [5.74, 6) is 0.466. The minimum absolute atomic E-state index is 0.237. The summed E-state index contributed by atoms with van der Waals surface area (Å²) in [6.07, 6.45) is 0. The molecular weight excluding hydrogens is 354 g/mol. The Bertz CT molecular complexity index is 728. The Morgan fingerprint density at radius 3 is 2.58 bits per heavy atom. The lowest BCUT2D eigenvalue weighted by atomic mass is 10.1. The zero-order chi connectivity index (χ0) is 14.2. The second-order valence-corrected chi connectivity index (χ2v) is 7.29. The highest BCUT2D eigenvalue weighted by atomic mass is 79.9. The maximum Gasteiger partial charge on any atom is 0.296 e. The first-order valence-electron chi connectivity index (χ1n) is 5.49. The van der Waals surface area contributed by atoms with Crippen LogP contribution >= 0.6 is 26.6 Å². The summed E-state index contributed by atoms with van der Waals surface area (Å²) in [7, 11) is 1.44. The molecule has 0 N–H and O–H groups in total. The van der Waals surface area contributed by atoms with Gasteiger partial charge < -0.3 is 0 Å². The highest BCUT2D eigenvalue weighted by Gasteiger charge is 2.23. The molecule has 19 heavy (non-hydrogen) atoms. The standard InChI is InChI=1S/C11H11BrClN3O2S/c1-3-16-10(14-15-11(16)19(13,17)18)8-5-4-7(2)6-9(8)12/h4-6H,3H2,1-2H3. The Kier molecular flexibility index (Phi) is 3.98. The molecule has 0 amide bonds. The van der Waals surface area contributed by atoms with Crippen molar-refractivity contribution in [1.82, 2.24) is 14.8 Å². The van der Waals surface area contributed by atoms with Gasteiger partial charge in [0.1, 0.15) is 0 Å². The SMILES string of the molecule is CCn1c(-c2ccc(C)cc2Br)nnc1S(=O)(=O)Cl. The summed E-state index contributed by atoms with van der Waals surface area (Å²) in [6.45, 7) is 4.18. The molecule has 0 spiro atoms. The van der Waals surface area contributed by atoms with Crippen molar-refractivity contribution in [3.8, 4) is 11.4 Å². The zero-order valence-electron chi connectivity index (χ0n) is 10.3. The average molecular weight is 365 g/mol. The van der Waals surface area contributed by atoms with Gasteiger partial charge in [0.25, 0.3) is 14.2 Å². The molecular formula is C11H11BrClN3O2S. The predicted molar refractivity (Wildman–Crippen MR) is 76.6 cm³/mol. The summed E-state index contributed by atoms with van der Waals surface area (Å²) in [6, 6.07) is 5.71. The third-order valence-corrected chi connectivity index (χ3v) is 4.42. The molecule has 0 atom stereocenters. The number of benzene rings is 1. The van der Waals surface area contributed by atoms with Crippen LogP contribution in [0.15, 0.2) is 27.8 Å². The quantitative estimate of drug-likeness (QED) is 0.785. The van der Waals surface area contributed by atoms with Gasteiger partial charge in [-0.05, 0) is 31.5 Å². The number of rotatable bonds is 3. The molecule has 0 aliphatic heterocycles. The van der Waals surface area contributed by atoms with Gasteiger partial charge in [-0.3, -0.25) is 4.57 Å². The third kappa shape index (κ3) is 2.82. The van der Waals surface area contributed by atoms with Gasteiger partial charge in [-0.2, -0.15) is 0 Å². The van der Waals surface area contributed by atoms with E-state index in [0.29, 0.717) is 12.4 Å². The lowest BCUT2D eigenvalue weighted by molar-refractivity contribution is 0.582. The van der Waals surface area contributed by atoms with Gasteiger partial charge in [0.2, 0.25) is 0 Å². The van der Waals surface area contributed by atoms with Crippen molar-refractivity contribution in [2.75, 3.05) is 0 Å². The molecule has 0 aliphatic rings.